The molecule has 0 unspecified atom stereocenters. The smallest absolute Gasteiger partial charge is 0.253 e. The van der Waals surface area contributed by atoms with Gasteiger partial charge < -0.3 is 9.73 Å². The second kappa shape index (κ2) is 9.99. The van der Waals surface area contributed by atoms with Crippen molar-refractivity contribution in [3.63, 3.8) is 0 Å². The van der Waals surface area contributed by atoms with Gasteiger partial charge in [0.2, 0.25) is 0 Å². The van der Waals surface area contributed by atoms with Gasteiger partial charge in [-0.3, -0.25) is 14.7 Å². The summed E-state index contributed by atoms with van der Waals surface area (Å²) in [6.45, 7) is 9.80. The van der Waals surface area contributed by atoms with Crippen LogP contribution in [0.2, 0.25) is 0 Å². The molecule has 0 atom stereocenters. The van der Waals surface area contributed by atoms with Crippen LogP contribution >= 0.6 is 0 Å². The molecule has 31 heavy (non-hydrogen) atoms. The zero-order chi connectivity index (χ0) is 21.8. The van der Waals surface area contributed by atoms with Crippen LogP contribution in [0, 0.1) is 26.7 Å². The normalized spacial score (nSPS) is 18.9. The maximum absolute atomic E-state index is 13.0. The minimum atomic E-state index is 0.0528. The minimum absolute atomic E-state index is 0.0528. The van der Waals surface area contributed by atoms with Gasteiger partial charge in [-0.05, 0) is 89.2 Å². The average Bonchev–Trinajstić information content (AvgIpc) is 3.10. The van der Waals surface area contributed by atoms with Gasteiger partial charge in [-0.25, -0.2) is 0 Å². The molecule has 1 aliphatic heterocycles. The van der Waals surface area contributed by atoms with E-state index >= 15 is 0 Å². The van der Waals surface area contributed by atoms with E-state index in [1.54, 1.807) is 0 Å². The zero-order valence-electron chi connectivity index (χ0n) is 19.4. The lowest BCUT2D eigenvalue weighted by Crippen LogP contribution is -2.34. The Morgan fingerprint density at radius 3 is 2.52 bits per heavy atom. The molecule has 4 rings (SSSR count). The molecule has 2 aliphatic rings. The second-order valence-electron chi connectivity index (χ2n) is 9.60. The number of pyridine rings is 1. The Bertz CT molecular complexity index is 871. The summed E-state index contributed by atoms with van der Waals surface area (Å²) >= 11 is 0. The number of carbonyl (C=O) groups excluding carboxylic acids is 1. The molecule has 168 valence electrons. The maximum atomic E-state index is 13.0. The van der Waals surface area contributed by atoms with Gasteiger partial charge in [-0.2, -0.15) is 0 Å². The molecule has 0 spiro atoms. The van der Waals surface area contributed by atoms with E-state index in [1.807, 2.05) is 26.0 Å². The van der Waals surface area contributed by atoms with Crippen LogP contribution in [0.25, 0.3) is 0 Å². The fourth-order valence-corrected chi connectivity index (χ4v) is 5.12. The Hall–Kier alpha value is -2.14. The van der Waals surface area contributed by atoms with Crippen LogP contribution in [0.1, 0.15) is 89.7 Å². The fraction of sp³-hybridized carbons (Fsp3) is 0.615. The summed E-state index contributed by atoms with van der Waals surface area (Å²) in [7, 11) is 0. The van der Waals surface area contributed by atoms with Crippen LogP contribution in [0.15, 0.2) is 22.6 Å². The van der Waals surface area contributed by atoms with Crippen molar-refractivity contribution in [2.45, 2.75) is 78.2 Å². The van der Waals surface area contributed by atoms with Gasteiger partial charge in [-0.15, -0.1) is 0 Å². The van der Waals surface area contributed by atoms with Crippen LogP contribution in [0.3, 0.4) is 0 Å². The summed E-state index contributed by atoms with van der Waals surface area (Å²) in [5.41, 5.74) is 3.98. The topological polar surface area (TPSA) is 58.4 Å². The highest BCUT2D eigenvalue weighted by molar-refractivity contribution is 5.95. The lowest BCUT2D eigenvalue weighted by molar-refractivity contribution is 0.0940. The first-order chi connectivity index (χ1) is 15.0. The van der Waals surface area contributed by atoms with E-state index < -0.39 is 0 Å². The van der Waals surface area contributed by atoms with Crippen molar-refractivity contribution in [3.05, 3.63) is 52.2 Å². The number of furan rings is 1. The van der Waals surface area contributed by atoms with Gasteiger partial charge >= 0.3 is 0 Å². The van der Waals surface area contributed by atoms with E-state index in [-0.39, 0.29) is 5.91 Å². The van der Waals surface area contributed by atoms with Crippen molar-refractivity contribution in [1.82, 2.24) is 15.2 Å². The molecular formula is C26H37N3O2. The van der Waals surface area contributed by atoms with Crippen molar-refractivity contribution in [2.24, 2.45) is 5.92 Å². The molecule has 0 radical (unpaired) electrons. The molecule has 1 N–H and O–H groups in total. The largest absolute Gasteiger partial charge is 0.465 e. The lowest BCUT2D eigenvalue weighted by atomic mass is 9.88. The number of carbonyl (C=O) groups is 1. The summed E-state index contributed by atoms with van der Waals surface area (Å²) in [5.74, 6) is 3.09. The van der Waals surface area contributed by atoms with Crippen LogP contribution in [0.4, 0.5) is 0 Å². The third-order valence-electron chi connectivity index (χ3n) is 7.16. The molecule has 3 heterocycles. The zero-order valence-corrected chi connectivity index (χ0v) is 19.4. The van der Waals surface area contributed by atoms with Gasteiger partial charge in [0.15, 0.2) is 0 Å². The van der Waals surface area contributed by atoms with Crippen molar-refractivity contribution < 1.29 is 9.21 Å². The van der Waals surface area contributed by atoms with Gasteiger partial charge in [-0.1, -0.05) is 19.3 Å². The number of rotatable bonds is 6. The molecule has 2 aromatic rings. The molecule has 0 bridgehead atoms. The monoisotopic (exact) mass is 423 g/mol. The number of nitrogens with one attached hydrogen (secondary N) is 1. The van der Waals surface area contributed by atoms with E-state index in [2.05, 4.69) is 23.2 Å². The first-order valence-corrected chi connectivity index (χ1v) is 12.0. The van der Waals surface area contributed by atoms with Crippen molar-refractivity contribution in [1.29, 1.82) is 0 Å². The number of aryl methyl sites for hydroxylation is 3. The molecular weight excluding hydrogens is 386 g/mol. The summed E-state index contributed by atoms with van der Waals surface area (Å²) < 4.78 is 5.86. The molecule has 2 fully saturated rings. The standard InChI is InChI=1S/C26H37N3O2/c1-18-15-23(31-20(18)3)17-29-13-11-22(12-14-29)25-24(10-9-19(2)28-25)26(30)27-16-21-7-5-4-6-8-21/h9-10,15,21-22H,4-8,11-14,16-17H2,1-3H3,(H,27,30). The van der Waals surface area contributed by atoms with E-state index in [4.69, 9.17) is 9.40 Å². The number of hydrogen-bond acceptors (Lipinski definition) is 4. The molecule has 1 amide bonds. The molecule has 1 saturated heterocycles. The Labute approximate surface area is 186 Å². The predicted molar refractivity (Wildman–Crippen MR) is 123 cm³/mol. The first-order valence-electron chi connectivity index (χ1n) is 12.0. The Morgan fingerprint density at radius 1 is 1.10 bits per heavy atom. The number of amides is 1. The number of likely N-dealkylation sites (tertiary alicyclic amines) is 1. The van der Waals surface area contributed by atoms with E-state index in [0.717, 1.165) is 67.5 Å². The van der Waals surface area contributed by atoms with Crippen LogP contribution < -0.4 is 5.32 Å². The highest BCUT2D eigenvalue weighted by Gasteiger charge is 2.27. The highest BCUT2D eigenvalue weighted by Crippen LogP contribution is 2.31. The summed E-state index contributed by atoms with van der Waals surface area (Å²) in [6.07, 6.45) is 8.48. The average molecular weight is 424 g/mol. The number of piperidine rings is 1. The van der Waals surface area contributed by atoms with Crippen molar-refractivity contribution in [3.8, 4) is 0 Å². The fourth-order valence-electron chi connectivity index (χ4n) is 5.12. The Morgan fingerprint density at radius 2 is 1.84 bits per heavy atom. The number of nitrogens with zero attached hydrogens (tertiary/aromatic N) is 2. The third kappa shape index (κ3) is 5.57. The summed E-state index contributed by atoms with van der Waals surface area (Å²) in [4.78, 5) is 20.3. The van der Waals surface area contributed by atoms with Gasteiger partial charge in [0.05, 0.1) is 17.8 Å². The first kappa shape index (κ1) is 22.1. The SMILES string of the molecule is Cc1ccc(C(=O)NCC2CCCCC2)c(C2CCN(Cc3cc(C)c(C)o3)CC2)n1. The van der Waals surface area contributed by atoms with E-state index in [1.165, 1.54) is 37.7 Å². The molecule has 5 heteroatoms. The van der Waals surface area contributed by atoms with Crippen LogP contribution in [0.5, 0.6) is 0 Å². The van der Waals surface area contributed by atoms with Gasteiger partial charge in [0.25, 0.3) is 5.91 Å². The van der Waals surface area contributed by atoms with Gasteiger partial charge in [0, 0.05) is 18.2 Å². The molecule has 1 saturated carbocycles. The summed E-state index contributed by atoms with van der Waals surface area (Å²) in [5, 5.41) is 3.21. The van der Waals surface area contributed by atoms with Crippen molar-refractivity contribution in [2.75, 3.05) is 19.6 Å². The quantitative estimate of drug-likeness (QED) is 0.686. The second-order valence-corrected chi connectivity index (χ2v) is 9.60. The lowest BCUT2D eigenvalue weighted by Gasteiger charge is -2.32. The van der Waals surface area contributed by atoms with Crippen LogP contribution in [-0.2, 0) is 6.54 Å². The Kier molecular flexibility index (Phi) is 7.11. The van der Waals surface area contributed by atoms with Gasteiger partial charge in [0.1, 0.15) is 11.5 Å². The minimum Gasteiger partial charge on any atom is -0.465 e. The van der Waals surface area contributed by atoms with Crippen LogP contribution in [-0.4, -0.2) is 35.4 Å². The maximum Gasteiger partial charge on any atom is 0.253 e. The highest BCUT2D eigenvalue weighted by atomic mass is 16.3. The number of hydrogen-bond donors (Lipinski definition) is 1. The van der Waals surface area contributed by atoms with Crippen molar-refractivity contribution >= 4 is 5.91 Å². The molecule has 0 aromatic carbocycles. The molecule has 1 aliphatic carbocycles. The molecule has 2 aromatic heterocycles. The summed E-state index contributed by atoms with van der Waals surface area (Å²) in [6, 6.07) is 6.10. The Balaban J connectivity index is 1.37. The predicted octanol–water partition coefficient (Wildman–Crippen LogP) is 5.29. The van der Waals surface area contributed by atoms with E-state index in [0.29, 0.717) is 11.8 Å². The molecule has 5 nitrogen and oxygen atoms in total. The number of aromatic nitrogens is 1. The third-order valence-corrected chi connectivity index (χ3v) is 7.16. The van der Waals surface area contributed by atoms with E-state index in [9.17, 15) is 4.79 Å².